The number of rotatable bonds is 7. The standard InChI is InChI=1S/C28H30Br2N2O2/c29-20-10-12-25-23(14-20)24-15-21(30)11-13-26(24)32(25)18-22(33)17-31(16-19-6-2-1-3-7-19)27-8-4-5-9-28(27)34/h1-3,6-7,10-15,22,27-28,33-34H,4-5,8-9,16-18H2. The topological polar surface area (TPSA) is 48.6 Å². The highest BCUT2D eigenvalue weighted by Crippen LogP contribution is 2.33. The van der Waals surface area contributed by atoms with Gasteiger partial charge in [-0.05, 0) is 54.8 Å². The Morgan fingerprint density at radius 2 is 1.50 bits per heavy atom. The first-order valence-corrected chi connectivity index (χ1v) is 13.6. The van der Waals surface area contributed by atoms with E-state index in [4.69, 9.17) is 0 Å². The summed E-state index contributed by atoms with van der Waals surface area (Å²) in [5.41, 5.74) is 3.43. The molecule has 1 aliphatic carbocycles. The van der Waals surface area contributed by atoms with E-state index in [1.807, 2.05) is 6.07 Å². The number of hydrogen-bond acceptors (Lipinski definition) is 3. The maximum absolute atomic E-state index is 11.4. The summed E-state index contributed by atoms with van der Waals surface area (Å²) in [7, 11) is 0. The molecule has 0 aliphatic heterocycles. The lowest BCUT2D eigenvalue weighted by Gasteiger charge is -2.38. The van der Waals surface area contributed by atoms with Crippen LogP contribution in [0.25, 0.3) is 21.8 Å². The number of hydrogen-bond donors (Lipinski definition) is 2. The molecule has 1 saturated carbocycles. The Morgan fingerprint density at radius 1 is 0.882 bits per heavy atom. The van der Waals surface area contributed by atoms with Gasteiger partial charge in [-0.25, -0.2) is 0 Å². The second-order valence-corrected chi connectivity index (χ2v) is 11.3. The molecule has 0 radical (unpaired) electrons. The highest BCUT2D eigenvalue weighted by atomic mass is 79.9. The molecule has 4 nitrogen and oxygen atoms in total. The molecule has 1 fully saturated rings. The van der Waals surface area contributed by atoms with E-state index in [-0.39, 0.29) is 12.1 Å². The summed E-state index contributed by atoms with van der Waals surface area (Å²) in [5, 5.41) is 24.5. The average Bonchev–Trinajstić information content (AvgIpc) is 3.11. The van der Waals surface area contributed by atoms with Crippen LogP contribution in [0, 0.1) is 0 Å². The molecule has 34 heavy (non-hydrogen) atoms. The summed E-state index contributed by atoms with van der Waals surface area (Å²) in [6, 6.07) is 23.1. The van der Waals surface area contributed by atoms with Crippen molar-refractivity contribution in [1.29, 1.82) is 0 Å². The molecule has 2 N–H and O–H groups in total. The fraction of sp³-hybridized carbons (Fsp3) is 0.357. The zero-order valence-corrected chi connectivity index (χ0v) is 22.2. The van der Waals surface area contributed by atoms with Crippen LogP contribution in [0.2, 0.25) is 0 Å². The van der Waals surface area contributed by atoms with E-state index < -0.39 is 6.10 Å². The van der Waals surface area contributed by atoms with Crippen molar-refractivity contribution in [2.75, 3.05) is 6.54 Å². The van der Waals surface area contributed by atoms with Crippen LogP contribution in [0.15, 0.2) is 75.7 Å². The maximum Gasteiger partial charge on any atom is 0.0846 e. The molecule has 0 amide bonds. The minimum absolute atomic E-state index is 0.0775. The quantitative estimate of drug-likeness (QED) is 0.261. The smallest absolute Gasteiger partial charge is 0.0846 e. The average molecular weight is 586 g/mol. The van der Waals surface area contributed by atoms with Gasteiger partial charge in [-0.3, -0.25) is 4.90 Å². The Balaban J connectivity index is 1.44. The zero-order chi connectivity index (χ0) is 23.7. The van der Waals surface area contributed by atoms with Crippen molar-refractivity contribution in [3.05, 3.63) is 81.2 Å². The minimum atomic E-state index is -0.566. The summed E-state index contributed by atoms with van der Waals surface area (Å²) in [6.07, 6.45) is 3.10. The van der Waals surface area contributed by atoms with Gasteiger partial charge in [-0.15, -0.1) is 0 Å². The van der Waals surface area contributed by atoms with Crippen LogP contribution < -0.4 is 0 Å². The van der Waals surface area contributed by atoms with Crippen molar-refractivity contribution < 1.29 is 10.2 Å². The SMILES string of the molecule is OC(CN(Cc1ccccc1)C1CCCCC1O)Cn1c2ccc(Br)cc2c2cc(Br)ccc21. The van der Waals surface area contributed by atoms with Crippen molar-refractivity contribution >= 4 is 53.7 Å². The molecule has 3 aromatic carbocycles. The number of aliphatic hydroxyl groups is 2. The zero-order valence-electron chi connectivity index (χ0n) is 19.1. The van der Waals surface area contributed by atoms with E-state index in [1.54, 1.807) is 0 Å². The van der Waals surface area contributed by atoms with Gasteiger partial charge in [-0.1, -0.05) is 75.0 Å². The van der Waals surface area contributed by atoms with Gasteiger partial charge in [-0.2, -0.15) is 0 Å². The summed E-state index contributed by atoms with van der Waals surface area (Å²) < 4.78 is 4.31. The second-order valence-electron chi connectivity index (χ2n) is 9.42. The fourth-order valence-corrected chi connectivity index (χ4v) is 6.16. The number of aliphatic hydroxyl groups excluding tert-OH is 2. The predicted molar refractivity (Wildman–Crippen MR) is 146 cm³/mol. The number of benzene rings is 3. The van der Waals surface area contributed by atoms with Gasteiger partial charge in [0.25, 0.3) is 0 Å². The molecule has 3 atom stereocenters. The first-order valence-electron chi connectivity index (χ1n) is 12.0. The number of halogens is 2. The summed E-state index contributed by atoms with van der Waals surface area (Å²) in [5.74, 6) is 0. The Kier molecular flexibility index (Phi) is 7.42. The third-order valence-corrected chi connectivity index (χ3v) is 8.01. The minimum Gasteiger partial charge on any atom is -0.391 e. The van der Waals surface area contributed by atoms with E-state index in [0.29, 0.717) is 13.1 Å². The highest BCUT2D eigenvalue weighted by Gasteiger charge is 2.30. The maximum atomic E-state index is 11.4. The van der Waals surface area contributed by atoms with Crippen molar-refractivity contribution in [3.63, 3.8) is 0 Å². The molecular weight excluding hydrogens is 556 g/mol. The van der Waals surface area contributed by atoms with Crippen LogP contribution >= 0.6 is 31.9 Å². The molecule has 3 unspecified atom stereocenters. The van der Waals surface area contributed by atoms with Gasteiger partial charge >= 0.3 is 0 Å². The van der Waals surface area contributed by atoms with E-state index in [9.17, 15) is 10.2 Å². The molecule has 0 spiro atoms. The molecule has 1 aliphatic rings. The molecule has 1 heterocycles. The van der Waals surface area contributed by atoms with E-state index in [1.165, 1.54) is 16.3 Å². The molecule has 4 aromatic rings. The molecule has 6 heteroatoms. The third kappa shape index (κ3) is 5.12. The van der Waals surface area contributed by atoms with Crippen LogP contribution in [0.4, 0.5) is 0 Å². The Labute approximate surface area is 217 Å². The van der Waals surface area contributed by atoms with Gasteiger partial charge in [0.1, 0.15) is 0 Å². The fourth-order valence-electron chi connectivity index (χ4n) is 5.44. The predicted octanol–water partition coefficient (Wildman–Crippen LogP) is 6.49. The lowest BCUT2D eigenvalue weighted by atomic mass is 9.90. The van der Waals surface area contributed by atoms with Crippen molar-refractivity contribution in [2.24, 2.45) is 0 Å². The van der Waals surface area contributed by atoms with Gasteiger partial charge in [0.2, 0.25) is 0 Å². The van der Waals surface area contributed by atoms with Crippen molar-refractivity contribution in [1.82, 2.24) is 9.47 Å². The summed E-state index contributed by atoms with van der Waals surface area (Å²) >= 11 is 7.22. The van der Waals surface area contributed by atoms with Gasteiger partial charge in [0.05, 0.1) is 18.8 Å². The lowest BCUT2D eigenvalue weighted by molar-refractivity contribution is -0.00857. The van der Waals surface area contributed by atoms with Crippen molar-refractivity contribution in [3.8, 4) is 0 Å². The van der Waals surface area contributed by atoms with Gasteiger partial charge in [0, 0.05) is 49.9 Å². The van der Waals surface area contributed by atoms with Crippen LogP contribution in [-0.2, 0) is 13.1 Å². The van der Waals surface area contributed by atoms with E-state index >= 15 is 0 Å². The van der Waals surface area contributed by atoms with E-state index in [0.717, 1.165) is 52.2 Å². The molecule has 1 aromatic heterocycles. The molecular formula is C28H30Br2N2O2. The molecule has 178 valence electrons. The summed E-state index contributed by atoms with van der Waals surface area (Å²) in [6.45, 7) is 1.74. The first-order chi connectivity index (χ1) is 16.5. The van der Waals surface area contributed by atoms with Crippen LogP contribution in [0.3, 0.4) is 0 Å². The monoisotopic (exact) mass is 584 g/mol. The lowest BCUT2D eigenvalue weighted by Crippen LogP contribution is -2.48. The highest BCUT2D eigenvalue weighted by molar-refractivity contribution is 9.10. The van der Waals surface area contributed by atoms with Crippen LogP contribution in [0.5, 0.6) is 0 Å². The number of nitrogens with zero attached hydrogens (tertiary/aromatic N) is 2. The van der Waals surface area contributed by atoms with Crippen LogP contribution in [-0.4, -0.2) is 44.5 Å². The van der Waals surface area contributed by atoms with Gasteiger partial charge in [0.15, 0.2) is 0 Å². The summed E-state index contributed by atoms with van der Waals surface area (Å²) in [4.78, 5) is 2.30. The number of aromatic nitrogens is 1. The Bertz CT molecular complexity index is 1210. The second kappa shape index (κ2) is 10.5. The molecule has 0 bridgehead atoms. The third-order valence-electron chi connectivity index (χ3n) is 7.02. The molecule has 0 saturated heterocycles. The van der Waals surface area contributed by atoms with Gasteiger partial charge < -0.3 is 14.8 Å². The number of fused-ring (bicyclic) bond motifs is 3. The first kappa shape index (κ1) is 24.0. The Hall–Kier alpha value is -1.70. The van der Waals surface area contributed by atoms with E-state index in [2.05, 4.69) is 102 Å². The molecule has 5 rings (SSSR count). The Morgan fingerprint density at radius 3 is 2.12 bits per heavy atom. The van der Waals surface area contributed by atoms with Crippen molar-refractivity contribution in [2.45, 2.75) is 57.0 Å². The van der Waals surface area contributed by atoms with Crippen LogP contribution in [0.1, 0.15) is 31.2 Å². The normalized spacial score (nSPS) is 19.8. The largest absolute Gasteiger partial charge is 0.391 e.